The van der Waals surface area contributed by atoms with Crippen molar-refractivity contribution in [3.05, 3.63) is 118 Å². The van der Waals surface area contributed by atoms with Gasteiger partial charge >= 0.3 is 11.9 Å². The molecule has 4 aromatic carbocycles. The van der Waals surface area contributed by atoms with E-state index in [1.165, 1.54) is 12.1 Å². The van der Waals surface area contributed by atoms with Crippen molar-refractivity contribution in [3.63, 3.8) is 0 Å². The van der Waals surface area contributed by atoms with Gasteiger partial charge in [-0.2, -0.15) is 0 Å². The van der Waals surface area contributed by atoms with Gasteiger partial charge in [0.15, 0.2) is 0 Å². The van der Waals surface area contributed by atoms with Crippen molar-refractivity contribution in [3.8, 4) is 16.9 Å². The number of anilines is 1. The number of carbonyl (C=O) groups excluding carboxylic acids is 2. The number of carboxylic acids is 2. The first-order valence-electron chi connectivity index (χ1n) is 14.4. The first-order chi connectivity index (χ1) is 21.6. The van der Waals surface area contributed by atoms with Gasteiger partial charge in [0.1, 0.15) is 11.8 Å². The molecule has 0 aliphatic heterocycles. The SMILES string of the molecule is O=C(O)CCC1(CCC(=O)O)c2ccccc2-c2ccc(NC(=O)[C@H](Cc3ccc(O)cc3)NC(=O)c3ccccc3Cl)cc21. The highest BCUT2D eigenvalue weighted by molar-refractivity contribution is 6.33. The molecule has 10 heteroatoms. The maximum atomic E-state index is 13.8. The molecule has 0 unspecified atom stereocenters. The zero-order valence-electron chi connectivity index (χ0n) is 24.1. The van der Waals surface area contributed by atoms with Gasteiger partial charge in [-0.3, -0.25) is 19.2 Å². The van der Waals surface area contributed by atoms with Crippen LogP contribution >= 0.6 is 11.6 Å². The van der Waals surface area contributed by atoms with E-state index in [2.05, 4.69) is 10.6 Å². The number of amides is 2. The van der Waals surface area contributed by atoms with Crippen LogP contribution in [-0.4, -0.2) is 45.1 Å². The predicted octanol–water partition coefficient (Wildman–Crippen LogP) is 6.02. The lowest BCUT2D eigenvalue weighted by Gasteiger charge is -2.32. The normalized spacial score (nSPS) is 13.3. The molecule has 4 aromatic rings. The molecule has 0 fully saturated rings. The Balaban J connectivity index is 1.49. The fourth-order valence-electron chi connectivity index (χ4n) is 6.03. The van der Waals surface area contributed by atoms with Crippen molar-refractivity contribution in [2.75, 3.05) is 5.32 Å². The Morgan fingerprint density at radius 1 is 0.756 bits per heavy atom. The van der Waals surface area contributed by atoms with Gasteiger partial charge in [0.2, 0.25) is 5.91 Å². The maximum Gasteiger partial charge on any atom is 0.303 e. The molecule has 2 amide bonds. The topological polar surface area (TPSA) is 153 Å². The van der Waals surface area contributed by atoms with E-state index in [1.54, 1.807) is 48.5 Å². The predicted molar refractivity (Wildman–Crippen MR) is 170 cm³/mol. The molecule has 0 aromatic heterocycles. The number of phenols is 1. The summed E-state index contributed by atoms with van der Waals surface area (Å²) < 4.78 is 0. The highest BCUT2D eigenvalue weighted by atomic mass is 35.5. The van der Waals surface area contributed by atoms with Crippen molar-refractivity contribution < 1.29 is 34.5 Å². The van der Waals surface area contributed by atoms with Crippen LogP contribution in [0.25, 0.3) is 11.1 Å². The second kappa shape index (κ2) is 13.2. The monoisotopic (exact) mass is 626 g/mol. The molecule has 0 heterocycles. The third-order valence-electron chi connectivity index (χ3n) is 8.18. The third-order valence-corrected chi connectivity index (χ3v) is 8.51. The second-order valence-electron chi connectivity index (χ2n) is 11.0. The Hall–Kier alpha value is -5.15. The Bertz CT molecular complexity index is 1750. The molecular formula is C35H31ClN2O7. The Morgan fingerprint density at radius 2 is 1.38 bits per heavy atom. The first kappa shape index (κ1) is 31.3. The number of hydrogen-bond acceptors (Lipinski definition) is 5. The zero-order chi connectivity index (χ0) is 32.1. The van der Waals surface area contributed by atoms with Gasteiger partial charge in [0, 0.05) is 30.4 Å². The number of fused-ring (bicyclic) bond motifs is 3. The number of hydrogen-bond donors (Lipinski definition) is 5. The molecule has 0 saturated carbocycles. The molecule has 0 bridgehead atoms. The fourth-order valence-corrected chi connectivity index (χ4v) is 6.25. The van der Waals surface area contributed by atoms with Crippen LogP contribution in [0, 0.1) is 0 Å². The van der Waals surface area contributed by atoms with Crippen molar-refractivity contribution >= 4 is 41.0 Å². The number of carboxylic acid groups (broad SMARTS) is 2. The van der Waals surface area contributed by atoms with Gasteiger partial charge < -0.3 is 26.0 Å². The average Bonchev–Trinajstić information content (AvgIpc) is 3.29. The molecule has 0 saturated heterocycles. The molecule has 45 heavy (non-hydrogen) atoms. The number of rotatable bonds is 12. The van der Waals surface area contributed by atoms with Gasteiger partial charge in [0.25, 0.3) is 5.91 Å². The third kappa shape index (κ3) is 6.84. The van der Waals surface area contributed by atoms with Gasteiger partial charge in [-0.15, -0.1) is 0 Å². The van der Waals surface area contributed by atoms with Gasteiger partial charge in [0.05, 0.1) is 10.6 Å². The van der Waals surface area contributed by atoms with Gasteiger partial charge in [-0.05, 0) is 77.1 Å². The van der Waals surface area contributed by atoms with Crippen LogP contribution in [0.4, 0.5) is 5.69 Å². The number of halogens is 1. The largest absolute Gasteiger partial charge is 0.508 e. The smallest absolute Gasteiger partial charge is 0.303 e. The summed E-state index contributed by atoms with van der Waals surface area (Å²) in [6.45, 7) is 0. The van der Waals surface area contributed by atoms with E-state index >= 15 is 0 Å². The van der Waals surface area contributed by atoms with E-state index in [1.807, 2.05) is 30.3 Å². The summed E-state index contributed by atoms with van der Waals surface area (Å²) in [6, 6.07) is 24.6. The summed E-state index contributed by atoms with van der Waals surface area (Å²) in [4.78, 5) is 50.4. The highest BCUT2D eigenvalue weighted by Crippen LogP contribution is 2.54. The molecule has 9 nitrogen and oxygen atoms in total. The number of phenolic OH excluding ortho intramolecular Hbond substituents is 1. The van der Waals surface area contributed by atoms with Gasteiger partial charge in [-0.25, -0.2) is 0 Å². The van der Waals surface area contributed by atoms with E-state index in [-0.39, 0.29) is 48.4 Å². The molecule has 0 spiro atoms. The fraction of sp³-hybridized carbons (Fsp3) is 0.200. The van der Waals surface area contributed by atoms with Gasteiger partial charge in [-0.1, -0.05) is 66.2 Å². The molecule has 1 aliphatic rings. The molecule has 5 rings (SSSR count). The van der Waals surface area contributed by atoms with Crippen molar-refractivity contribution in [2.24, 2.45) is 0 Å². The maximum absolute atomic E-state index is 13.8. The number of benzene rings is 4. The molecular weight excluding hydrogens is 596 g/mol. The Kier molecular flexibility index (Phi) is 9.20. The summed E-state index contributed by atoms with van der Waals surface area (Å²) in [5.41, 5.74) is 3.72. The van der Waals surface area contributed by atoms with E-state index in [0.717, 1.165) is 22.3 Å². The number of aliphatic carboxylic acids is 2. The summed E-state index contributed by atoms with van der Waals surface area (Å²) in [6.07, 6.45) is 0.113. The summed E-state index contributed by atoms with van der Waals surface area (Å²) in [5.74, 6) is -2.97. The molecule has 1 aliphatic carbocycles. The lowest BCUT2D eigenvalue weighted by molar-refractivity contribution is -0.137. The molecule has 0 radical (unpaired) electrons. The number of aromatic hydroxyl groups is 1. The quantitative estimate of drug-likeness (QED) is 0.129. The molecule has 5 N–H and O–H groups in total. The Labute approximate surface area is 264 Å². The van der Waals surface area contributed by atoms with Crippen LogP contribution in [0.5, 0.6) is 5.75 Å². The summed E-state index contributed by atoms with van der Waals surface area (Å²) in [5, 5.41) is 34.8. The number of nitrogens with one attached hydrogen (secondary N) is 2. The standard InChI is InChI=1S/C35H31ClN2O7/c36-29-8-4-2-6-26(29)33(44)38-30(19-21-9-12-23(39)13-10-21)34(45)37-22-11-14-25-24-5-1-3-7-27(24)35(28(25)20-22,17-15-31(40)41)18-16-32(42)43/h1-14,20,30,39H,15-19H2,(H,37,45)(H,38,44)(H,40,41)(H,42,43)/t30-/m0/s1. The van der Waals surface area contributed by atoms with Crippen LogP contribution in [-0.2, 0) is 26.2 Å². The van der Waals surface area contributed by atoms with Crippen LogP contribution < -0.4 is 10.6 Å². The van der Waals surface area contributed by atoms with E-state index < -0.39 is 35.2 Å². The lowest BCUT2D eigenvalue weighted by Crippen LogP contribution is -2.45. The molecule has 1 atom stereocenters. The zero-order valence-corrected chi connectivity index (χ0v) is 24.9. The highest BCUT2D eigenvalue weighted by Gasteiger charge is 2.43. The van der Waals surface area contributed by atoms with Crippen LogP contribution in [0.15, 0.2) is 91.0 Å². The minimum atomic E-state index is -1.03. The summed E-state index contributed by atoms with van der Waals surface area (Å²) >= 11 is 6.24. The van der Waals surface area contributed by atoms with Crippen LogP contribution in [0.3, 0.4) is 0 Å². The van der Waals surface area contributed by atoms with E-state index in [0.29, 0.717) is 11.3 Å². The van der Waals surface area contributed by atoms with Crippen LogP contribution in [0.2, 0.25) is 5.02 Å². The van der Waals surface area contributed by atoms with Crippen LogP contribution in [0.1, 0.15) is 52.7 Å². The van der Waals surface area contributed by atoms with E-state index in [4.69, 9.17) is 11.6 Å². The first-order valence-corrected chi connectivity index (χ1v) is 14.8. The summed E-state index contributed by atoms with van der Waals surface area (Å²) in [7, 11) is 0. The van der Waals surface area contributed by atoms with E-state index in [9.17, 15) is 34.5 Å². The molecule has 230 valence electrons. The second-order valence-corrected chi connectivity index (χ2v) is 11.4. The lowest BCUT2D eigenvalue weighted by atomic mass is 9.71. The minimum Gasteiger partial charge on any atom is -0.508 e. The van der Waals surface area contributed by atoms with Crippen molar-refractivity contribution in [2.45, 2.75) is 43.6 Å². The van der Waals surface area contributed by atoms with Crippen molar-refractivity contribution in [1.29, 1.82) is 0 Å². The number of carbonyl (C=O) groups is 4. The average molecular weight is 627 g/mol. The Morgan fingerprint density at radius 3 is 2.04 bits per heavy atom. The minimum absolute atomic E-state index is 0.0632. The van der Waals surface area contributed by atoms with Crippen molar-refractivity contribution in [1.82, 2.24) is 5.32 Å².